The molecule has 0 spiro atoms. The first kappa shape index (κ1) is 11.5. The first-order valence-electron chi connectivity index (χ1n) is 6.10. The maximum Gasteiger partial charge on any atom is 0.0429 e. The molecular formula is C14H22N2. The van der Waals surface area contributed by atoms with E-state index in [1.165, 1.54) is 16.8 Å². The van der Waals surface area contributed by atoms with Crippen LogP contribution in [-0.4, -0.2) is 31.6 Å². The molecule has 0 fully saturated rings. The van der Waals surface area contributed by atoms with Crippen LogP contribution in [0.2, 0.25) is 0 Å². The standard InChI is InChI=1S/C14H22N2/c1-10(2)11-5-6-14-12(7-11)8-13(15-14)9-16(3)4/h5-7,10,13,15H,8-9H2,1-4H3. The van der Waals surface area contributed by atoms with Gasteiger partial charge in [-0.05, 0) is 43.6 Å². The number of hydrogen-bond acceptors (Lipinski definition) is 2. The van der Waals surface area contributed by atoms with Crippen molar-refractivity contribution in [1.29, 1.82) is 0 Å². The zero-order chi connectivity index (χ0) is 11.7. The van der Waals surface area contributed by atoms with Crippen LogP contribution in [0.25, 0.3) is 0 Å². The Hall–Kier alpha value is -1.02. The van der Waals surface area contributed by atoms with Crippen molar-refractivity contribution in [1.82, 2.24) is 4.90 Å². The van der Waals surface area contributed by atoms with Crippen LogP contribution in [-0.2, 0) is 6.42 Å². The second kappa shape index (κ2) is 4.46. The summed E-state index contributed by atoms with van der Waals surface area (Å²) in [6.07, 6.45) is 1.16. The first-order valence-corrected chi connectivity index (χ1v) is 6.10. The van der Waals surface area contributed by atoms with Crippen molar-refractivity contribution in [3.8, 4) is 0 Å². The lowest BCUT2D eigenvalue weighted by Gasteiger charge is -2.16. The van der Waals surface area contributed by atoms with E-state index in [-0.39, 0.29) is 0 Å². The number of fused-ring (bicyclic) bond motifs is 1. The van der Waals surface area contributed by atoms with Gasteiger partial charge in [0.25, 0.3) is 0 Å². The average molecular weight is 218 g/mol. The Kier molecular flexibility index (Phi) is 3.20. The predicted molar refractivity (Wildman–Crippen MR) is 70.2 cm³/mol. The summed E-state index contributed by atoms with van der Waals surface area (Å²) in [5, 5.41) is 3.59. The second-order valence-corrected chi connectivity index (χ2v) is 5.38. The van der Waals surface area contributed by atoms with Gasteiger partial charge in [0, 0.05) is 18.3 Å². The second-order valence-electron chi connectivity index (χ2n) is 5.38. The Bertz CT molecular complexity index is 369. The summed E-state index contributed by atoms with van der Waals surface area (Å²) >= 11 is 0. The van der Waals surface area contributed by atoms with Crippen molar-refractivity contribution < 1.29 is 0 Å². The number of nitrogens with one attached hydrogen (secondary N) is 1. The van der Waals surface area contributed by atoms with E-state index in [1.54, 1.807) is 0 Å². The molecule has 1 N–H and O–H groups in total. The normalized spacial score (nSPS) is 19.0. The van der Waals surface area contributed by atoms with Gasteiger partial charge in [0.1, 0.15) is 0 Å². The lowest BCUT2D eigenvalue weighted by atomic mass is 9.99. The maximum atomic E-state index is 3.59. The number of likely N-dealkylation sites (N-methyl/N-ethyl adjacent to an activating group) is 1. The molecule has 0 aliphatic carbocycles. The van der Waals surface area contributed by atoms with Crippen LogP contribution in [0.3, 0.4) is 0 Å². The van der Waals surface area contributed by atoms with E-state index < -0.39 is 0 Å². The molecule has 2 nitrogen and oxygen atoms in total. The monoisotopic (exact) mass is 218 g/mol. The minimum atomic E-state index is 0.576. The minimum absolute atomic E-state index is 0.576. The number of hydrogen-bond donors (Lipinski definition) is 1. The van der Waals surface area contributed by atoms with Crippen molar-refractivity contribution in [2.24, 2.45) is 0 Å². The molecule has 1 aromatic carbocycles. The molecule has 0 saturated heterocycles. The molecule has 0 amide bonds. The Morgan fingerprint density at radius 1 is 1.38 bits per heavy atom. The Morgan fingerprint density at radius 3 is 2.75 bits per heavy atom. The van der Waals surface area contributed by atoms with Gasteiger partial charge in [-0.15, -0.1) is 0 Å². The molecule has 1 heterocycles. The molecule has 1 aliphatic rings. The van der Waals surface area contributed by atoms with Gasteiger partial charge in [-0.2, -0.15) is 0 Å². The Morgan fingerprint density at radius 2 is 2.12 bits per heavy atom. The quantitative estimate of drug-likeness (QED) is 0.839. The third-order valence-corrected chi connectivity index (χ3v) is 3.21. The number of benzene rings is 1. The summed E-state index contributed by atoms with van der Waals surface area (Å²) in [6.45, 7) is 5.61. The van der Waals surface area contributed by atoms with Gasteiger partial charge in [-0.25, -0.2) is 0 Å². The van der Waals surface area contributed by atoms with Crippen LogP contribution in [0.5, 0.6) is 0 Å². The number of nitrogens with zero attached hydrogens (tertiary/aromatic N) is 1. The molecule has 1 atom stereocenters. The minimum Gasteiger partial charge on any atom is -0.380 e. The topological polar surface area (TPSA) is 15.3 Å². The largest absolute Gasteiger partial charge is 0.380 e. The van der Waals surface area contributed by atoms with Gasteiger partial charge in [0.15, 0.2) is 0 Å². The van der Waals surface area contributed by atoms with Gasteiger partial charge in [0.05, 0.1) is 0 Å². The Labute approximate surface area is 98.7 Å². The van der Waals surface area contributed by atoms with Crippen LogP contribution >= 0.6 is 0 Å². The average Bonchev–Trinajstić information content (AvgIpc) is 2.56. The van der Waals surface area contributed by atoms with E-state index in [9.17, 15) is 0 Å². The Balaban J connectivity index is 2.12. The molecule has 16 heavy (non-hydrogen) atoms. The highest BCUT2D eigenvalue weighted by Gasteiger charge is 2.21. The zero-order valence-electron chi connectivity index (χ0n) is 10.7. The summed E-state index contributed by atoms with van der Waals surface area (Å²) < 4.78 is 0. The van der Waals surface area contributed by atoms with Crippen molar-refractivity contribution in [3.05, 3.63) is 29.3 Å². The number of rotatable bonds is 3. The van der Waals surface area contributed by atoms with Crippen LogP contribution in [0.4, 0.5) is 5.69 Å². The molecule has 1 aromatic rings. The first-order chi connectivity index (χ1) is 7.56. The molecule has 0 bridgehead atoms. The molecule has 1 aliphatic heterocycles. The molecule has 0 radical (unpaired) electrons. The fourth-order valence-electron chi connectivity index (χ4n) is 2.37. The van der Waals surface area contributed by atoms with Gasteiger partial charge >= 0.3 is 0 Å². The highest BCUT2D eigenvalue weighted by molar-refractivity contribution is 5.58. The summed E-state index contributed by atoms with van der Waals surface area (Å²) in [6, 6.07) is 7.42. The van der Waals surface area contributed by atoms with Crippen molar-refractivity contribution in [3.63, 3.8) is 0 Å². The van der Waals surface area contributed by atoms with Gasteiger partial charge in [-0.3, -0.25) is 0 Å². The van der Waals surface area contributed by atoms with Crippen molar-refractivity contribution >= 4 is 5.69 Å². The molecular weight excluding hydrogens is 196 g/mol. The third kappa shape index (κ3) is 2.38. The van der Waals surface area contributed by atoms with Crippen LogP contribution in [0.15, 0.2) is 18.2 Å². The smallest absolute Gasteiger partial charge is 0.0429 e. The van der Waals surface area contributed by atoms with E-state index >= 15 is 0 Å². The highest BCUT2D eigenvalue weighted by atomic mass is 15.1. The summed E-state index contributed by atoms with van der Waals surface area (Å²) in [7, 11) is 4.26. The lowest BCUT2D eigenvalue weighted by molar-refractivity contribution is 0.386. The van der Waals surface area contributed by atoms with E-state index in [0.29, 0.717) is 12.0 Å². The van der Waals surface area contributed by atoms with Gasteiger partial charge < -0.3 is 10.2 Å². The fourth-order valence-corrected chi connectivity index (χ4v) is 2.37. The third-order valence-electron chi connectivity index (χ3n) is 3.21. The summed E-state index contributed by atoms with van der Waals surface area (Å²) in [5.41, 5.74) is 4.26. The highest BCUT2D eigenvalue weighted by Crippen LogP contribution is 2.29. The van der Waals surface area contributed by atoms with Gasteiger partial charge in [-0.1, -0.05) is 26.0 Å². The van der Waals surface area contributed by atoms with Crippen LogP contribution < -0.4 is 5.32 Å². The maximum absolute atomic E-state index is 3.59. The molecule has 88 valence electrons. The molecule has 0 aromatic heterocycles. The predicted octanol–water partition coefficient (Wildman–Crippen LogP) is 2.71. The van der Waals surface area contributed by atoms with E-state index in [2.05, 4.69) is 56.4 Å². The molecule has 0 saturated carbocycles. The summed E-state index contributed by atoms with van der Waals surface area (Å²) in [5.74, 6) is 0.623. The molecule has 1 unspecified atom stereocenters. The molecule has 2 rings (SSSR count). The fraction of sp³-hybridized carbons (Fsp3) is 0.571. The van der Waals surface area contributed by atoms with Crippen molar-refractivity contribution in [2.45, 2.75) is 32.2 Å². The van der Waals surface area contributed by atoms with Crippen LogP contribution in [0.1, 0.15) is 30.9 Å². The van der Waals surface area contributed by atoms with Crippen LogP contribution in [0, 0.1) is 0 Å². The SMILES string of the molecule is CC(C)c1ccc2c(c1)CC(CN(C)C)N2. The number of anilines is 1. The lowest BCUT2D eigenvalue weighted by Crippen LogP contribution is -2.30. The summed E-state index contributed by atoms with van der Waals surface area (Å²) in [4.78, 5) is 2.24. The van der Waals surface area contributed by atoms with Gasteiger partial charge in [0.2, 0.25) is 0 Å². The van der Waals surface area contributed by atoms with E-state index in [1.807, 2.05) is 0 Å². The zero-order valence-corrected chi connectivity index (χ0v) is 10.7. The van der Waals surface area contributed by atoms with E-state index in [0.717, 1.165) is 13.0 Å². The molecule has 2 heteroatoms. The van der Waals surface area contributed by atoms with E-state index in [4.69, 9.17) is 0 Å². The van der Waals surface area contributed by atoms with Crippen molar-refractivity contribution in [2.75, 3.05) is 26.0 Å².